The minimum atomic E-state index is -0.796. The summed E-state index contributed by atoms with van der Waals surface area (Å²) in [7, 11) is 0. The number of likely N-dealkylation sites (tertiary alicyclic amines) is 1. The van der Waals surface area contributed by atoms with Crippen LogP contribution in [0.4, 0.5) is 5.82 Å². The Bertz CT molecular complexity index is 823. The average molecular weight is 407 g/mol. The lowest BCUT2D eigenvalue weighted by molar-refractivity contribution is -0.166. The van der Waals surface area contributed by atoms with Crippen LogP contribution in [-0.2, 0) is 23.8 Å². The highest BCUT2D eigenvalue weighted by Gasteiger charge is 2.39. The van der Waals surface area contributed by atoms with E-state index in [0.717, 1.165) is 25.8 Å². The summed E-state index contributed by atoms with van der Waals surface area (Å²) in [5.41, 5.74) is 4.94. The molecule has 4 heterocycles. The predicted molar refractivity (Wildman–Crippen MR) is 99.5 cm³/mol. The molecule has 0 radical (unpaired) electrons. The summed E-state index contributed by atoms with van der Waals surface area (Å²) in [6, 6.07) is 0.701. The van der Waals surface area contributed by atoms with Gasteiger partial charge >= 0.3 is 11.7 Å². The number of carbonyl (C=O) groups excluding carboxylic acids is 2. The van der Waals surface area contributed by atoms with Crippen LogP contribution in [0.2, 0.25) is 0 Å². The molecule has 158 valence electrons. The van der Waals surface area contributed by atoms with Crippen molar-refractivity contribution < 1.29 is 23.8 Å². The molecule has 3 saturated heterocycles. The van der Waals surface area contributed by atoms with E-state index >= 15 is 0 Å². The number of esters is 1. The van der Waals surface area contributed by atoms with Gasteiger partial charge in [0.05, 0.1) is 12.6 Å². The number of nitrogens with zero attached hydrogens (tertiary/aromatic N) is 3. The molecule has 0 saturated carbocycles. The fourth-order valence-corrected chi connectivity index (χ4v) is 3.94. The van der Waals surface area contributed by atoms with E-state index in [1.54, 1.807) is 4.90 Å². The Kier molecular flexibility index (Phi) is 5.79. The van der Waals surface area contributed by atoms with Crippen molar-refractivity contribution in [1.82, 2.24) is 19.8 Å². The summed E-state index contributed by atoms with van der Waals surface area (Å²) < 4.78 is 17.7. The fraction of sp³-hybridized carbons (Fsp3) is 0.667. The molecule has 4 atom stereocenters. The van der Waals surface area contributed by atoms with Gasteiger partial charge in [0.1, 0.15) is 18.5 Å². The van der Waals surface area contributed by atoms with Crippen molar-refractivity contribution in [3.63, 3.8) is 0 Å². The van der Waals surface area contributed by atoms with Gasteiger partial charge in [0.2, 0.25) is 5.91 Å². The second-order valence-electron chi connectivity index (χ2n) is 7.36. The first-order chi connectivity index (χ1) is 14.0. The van der Waals surface area contributed by atoms with Crippen LogP contribution >= 0.6 is 0 Å². The summed E-state index contributed by atoms with van der Waals surface area (Å²) in [4.78, 5) is 42.3. The van der Waals surface area contributed by atoms with Gasteiger partial charge in [-0.05, 0) is 38.3 Å². The number of nitrogen functional groups attached to an aromatic ring is 1. The maximum atomic E-state index is 12.6. The summed E-state index contributed by atoms with van der Waals surface area (Å²) in [5, 5.41) is 3.17. The number of aromatic nitrogens is 2. The van der Waals surface area contributed by atoms with Crippen LogP contribution in [0.1, 0.15) is 31.9 Å². The first-order valence-corrected chi connectivity index (χ1v) is 9.85. The van der Waals surface area contributed by atoms with Crippen LogP contribution in [0, 0.1) is 0 Å². The van der Waals surface area contributed by atoms with Gasteiger partial charge < -0.3 is 30.2 Å². The van der Waals surface area contributed by atoms with E-state index in [4.69, 9.17) is 19.9 Å². The number of amides is 1. The van der Waals surface area contributed by atoms with Crippen LogP contribution in [0.25, 0.3) is 0 Å². The van der Waals surface area contributed by atoms with Gasteiger partial charge in [0, 0.05) is 12.7 Å². The Labute approximate surface area is 167 Å². The standard InChI is InChI=1S/C18H25N5O6/c19-13-5-8-23(18(26)21-13)14-9-27-15(29-14)10-28-17(25)12-4-2-7-22(12)16(24)11-3-1-6-20-11/h5,8,11-12,14-15,20H,1-4,6-7,9-10H2,(H2,19,21,26)/t11?,12?,14-,15-/m1/s1. The summed E-state index contributed by atoms with van der Waals surface area (Å²) in [6.45, 7) is 1.38. The molecule has 3 N–H and O–H groups in total. The molecule has 1 aromatic heterocycles. The van der Waals surface area contributed by atoms with Gasteiger partial charge in [-0.1, -0.05) is 0 Å². The van der Waals surface area contributed by atoms with E-state index in [2.05, 4.69) is 10.3 Å². The van der Waals surface area contributed by atoms with Crippen molar-refractivity contribution in [2.75, 3.05) is 32.0 Å². The highest BCUT2D eigenvalue weighted by molar-refractivity contribution is 5.88. The molecular weight excluding hydrogens is 382 g/mol. The molecule has 0 aromatic carbocycles. The zero-order valence-electron chi connectivity index (χ0n) is 16.0. The lowest BCUT2D eigenvalue weighted by Crippen LogP contribution is -2.49. The molecule has 0 spiro atoms. The molecule has 3 fully saturated rings. The molecule has 1 amide bonds. The molecular formula is C18H25N5O6. The average Bonchev–Trinajstić information content (AvgIpc) is 3.47. The first kappa shape index (κ1) is 19.8. The van der Waals surface area contributed by atoms with E-state index < -0.39 is 30.2 Å². The first-order valence-electron chi connectivity index (χ1n) is 9.85. The van der Waals surface area contributed by atoms with Crippen molar-refractivity contribution in [3.8, 4) is 0 Å². The van der Waals surface area contributed by atoms with Crippen LogP contribution < -0.4 is 16.7 Å². The Morgan fingerprint density at radius 1 is 1.34 bits per heavy atom. The normalized spacial score (nSPS) is 29.3. The minimum Gasteiger partial charge on any atom is -0.459 e. The zero-order valence-corrected chi connectivity index (χ0v) is 16.0. The topological polar surface area (TPSA) is 138 Å². The molecule has 29 heavy (non-hydrogen) atoms. The number of nitrogens with one attached hydrogen (secondary N) is 1. The van der Waals surface area contributed by atoms with E-state index in [-0.39, 0.29) is 31.0 Å². The van der Waals surface area contributed by atoms with Gasteiger partial charge in [-0.25, -0.2) is 9.59 Å². The van der Waals surface area contributed by atoms with Crippen LogP contribution in [0.15, 0.2) is 17.1 Å². The lowest BCUT2D eigenvalue weighted by atomic mass is 10.1. The molecule has 3 aliphatic heterocycles. The number of hydrogen-bond donors (Lipinski definition) is 2. The monoisotopic (exact) mass is 407 g/mol. The van der Waals surface area contributed by atoms with E-state index in [0.29, 0.717) is 13.0 Å². The minimum absolute atomic E-state index is 0.0365. The van der Waals surface area contributed by atoms with Crippen LogP contribution in [-0.4, -0.2) is 71.0 Å². The van der Waals surface area contributed by atoms with Crippen LogP contribution in [0.5, 0.6) is 0 Å². The largest absolute Gasteiger partial charge is 0.459 e. The summed E-state index contributed by atoms with van der Waals surface area (Å²) >= 11 is 0. The van der Waals surface area contributed by atoms with Gasteiger partial charge in [-0.2, -0.15) is 4.98 Å². The van der Waals surface area contributed by atoms with Crippen LogP contribution in [0.3, 0.4) is 0 Å². The van der Waals surface area contributed by atoms with Gasteiger partial charge in [0.15, 0.2) is 12.5 Å². The third-order valence-electron chi connectivity index (χ3n) is 5.42. The van der Waals surface area contributed by atoms with Gasteiger partial charge in [-0.3, -0.25) is 9.36 Å². The summed E-state index contributed by atoms with van der Waals surface area (Å²) in [6.07, 6.45) is 3.12. The zero-order chi connectivity index (χ0) is 20.4. The van der Waals surface area contributed by atoms with Crippen molar-refractivity contribution in [2.45, 2.75) is 50.3 Å². The molecule has 11 nitrogen and oxygen atoms in total. The van der Waals surface area contributed by atoms with E-state index in [9.17, 15) is 14.4 Å². The molecule has 0 aliphatic carbocycles. The predicted octanol–water partition coefficient (Wildman–Crippen LogP) is -1.02. The van der Waals surface area contributed by atoms with Crippen molar-refractivity contribution >= 4 is 17.7 Å². The number of ether oxygens (including phenoxy) is 3. The SMILES string of the molecule is Nc1ccn([C@H]2CO[C@@H](COC(=O)C3CCCN3C(=O)C3CCCN3)O2)c(=O)n1. The molecule has 1 aromatic rings. The Morgan fingerprint density at radius 3 is 2.97 bits per heavy atom. The summed E-state index contributed by atoms with van der Waals surface area (Å²) in [5.74, 6) is -0.375. The maximum Gasteiger partial charge on any atom is 0.351 e. The van der Waals surface area contributed by atoms with Gasteiger partial charge in [0.25, 0.3) is 0 Å². The highest BCUT2D eigenvalue weighted by atomic mass is 16.7. The highest BCUT2D eigenvalue weighted by Crippen LogP contribution is 2.23. The van der Waals surface area contributed by atoms with E-state index in [1.807, 2.05) is 0 Å². The fourth-order valence-electron chi connectivity index (χ4n) is 3.94. The van der Waals surface area contributed by atoms with Crippen molar-refractivity contribution in [1.29, 1.82) is 0 Å². The number of hydrogen-bond acceptors (Lipinski definition) is 9. The quantitative estimate of drug-likeness (QED) is 0.588. The van der Waals surface area contributed by atoms with E-state index in [1.165, 1.54) is 16.8 Å². The molecule has 0 bridgehead atoms. The molecule has 11 heteroatoms. The molecule has 3 aliphatic rings. The smallest absolute Gasteiger partial charge is 0.351 e. The number of rotatable bonds is 5. The second-order valence-corrected chi connectivity index (χ2v) is 7.36. The van der Waals surface area contributed by atoms with Gasteiger partial charge in [-0.15, -0.1) is 0 Å². The Balaban J connectivity index is 1.29. The third-order valence-corrected chi connectivity index (χ3v) is 5.42. The number of nitrogens with two attached hydrogens (primary N) is 1. The maximum absolute atomic E-state index is 12.6. The molecule has 2 unspecified atom stereocenters. The Morgan fingerprint density at radius 2 is 2.21 bits per heavy atom. The Hall–Kier alpha value is -2.50. The second kappa shape index (κ2) is 8.47. The van der Waals surface area contributed by atoms with Crippen molar-refractivity contribution in [2.24, 2.45) is 0 Å². The number of carbonyl (C=O) groups is 2. The third kappa shape index (κ3) is 4.26. The number of anilines is 1. The molecule has 4 rings (SSSR count). The van der Waals surface area contributed by atoms with Crippen molar-refractivity contribution in [3.05, 3.63) is 22.7 Å². The lowest BCUT2D eigenvalue weighted by Gasteiger charge is -2.26.